The Morgan fingerprint density at radius 3 is 1.30 bits per heavy atom. The van der Waals surface area contributed by atoms with E-state index in [-0.39, 0.29) is 9.49 Å². The number of hydrogen-bond acceptors (Lipinski definition) is 2. The Hall–Kier alpha value is -1.90. The molecule has 37 heavy (non-hydrogen) atoms. The quantitative estimate of drug-likeness (QED) is 0.390. The zero-order valence-corrected chi connectivity index (χ0v) is 25.2. The molecular formula is C35H40S2. The summed E-state index contributed by atoms with van der Waals surface area (Å²) in [5, 5.41) is 0. The fourth-order valence-corrected chi connectivity index (χ4v) is 10.2. The van der Waals surface area contributed by atoms with Crippen LogP contribution in [0.1, 0.15) is 70.2 Å². The van der Waals surface area contributed by atoms with Gasteiger partial charge in [-0.05, 0) is 103 Å². The molecule has 2 aromatic carbocycles. The Morgan fingerprint density at radius 1 is 0.622 bits per heavy atom. The van der Waals surface area contributed by atoms with E-state index in [1.54, 1.807) is 22.3 Å². The van der Waals surface area contributed by atoms with Gasteiger partial charge < -0.3 is 0 Å². The molecule has 0 nitrogen and oxygen atoms in total. The summed E-state index contributed by atoms with van der Waals surface area (Å²) >= 11 is 4.24. The Balaban J connectivity index is 1.59. The Labute approximate surface area is 232 Å². The number of hydrogen-bond donors (Lipinski definition) is 0. The standard InChI is InChI=1S/C35H40S2/c1-20(2)26-17-27(21(3)4)33-29-19-31(25-15-11-23(6)12-16-25)37-35(29,8)34(7)28(32(26)33)18-30(36-34)24-13-9-22(5)10-14-24/h9-16,18-21,26-27H,17H2,1-8H3/t26-,27-,34-,35-/m1/s1. The highest BCUT2D eigenvalue weighted by atomic mass is 32.2. The van der Waals surface area contributed by atoms with Crippen LogP contribution in [0.15, 0.2) is 83.0 Å². The molecule has 0 unspecified atom stereocenters. The molecule has 0 bridgehead atoms. The molecule has 0 radical (unpaired) electrons. The predicted octanol–water partition coefficient (Wildman–Crippen LogP) is 10.3. The van der Waals surface area contributed by atoms with Crippen molar-refractivity contribution < 1.29 is 0 Å². The van der Waals surface area contributed by atoms with Gasteiger partial charge in [0.2, 0.25) is 0 Å². The van der Waals surface area contributed by atoms with Crippen LogP contribution in [0.4, 0.5) is 0 Å². The maximum absolute atomic E-state index is 2.59. The molecule has 1 saturated carbocycles. The predicted molar refractivity (Wildman–Crippen MR) is 166 cm³/mol. The van der Waals surface area contributed by atoms with Crippen molar-refractivity contribution in [3.63, 3.8) is 0 Å². The fourth-order valence-electron chi connectivity index (χ4n) is 7.05. The first-order valence-corrected chi connectivity index (χ1v) is 15.6. The molecule has 4 aliphatic rings. The summed E-state index contributed by atoms with van der Waals surface area (Å²) < 4.78 is -0.0119. The third-order valence-corrected chi connectivity index (χ3v) is 12.9. The Kier molecular flexibility index (Phi) is 6.05. The molecule has 0 aromatic heterocycles. The summed E-state index contributed by atoms with van der Waals surface area (Å²) in [5.74, 6) is 2.55. The highest BCUT2D eigenvalue weighted by molar-refractivity contribution is 8.14. The molecule has 0 saturated heterocycles. The first-order valence-electron chi connectivity index (χ1n) is 14.0. The highest BCUT2D eigenvalue weighted by Crippen LogP contribution is 2.72. The first kappa shape index (κ1) is 25.4. The van der Waals surface area contributed by atoms with Crippen LogP contribution in [-0.4, -0.2) is 9.49 Å². The van der Waals surface area contributed by atoms with Crippen molar-refractivity contribution in [3.8, 4) is 0 Å². The van der Waals surface area contributed by atoms with Crippen LogP contribution in [0.5, 0.6) is 0 Å². The summed E-state index contributed by atoms with van der Waals surface area (Å²) in [6.45, 7) is 19.2. The van der Waals surface area contributed by atoms with E-state index in [1.165, 1.54) is 38.5 Å². The van der Waals surface area contributed by atoms with Crippen molar-refractivity contribution in [1.82, 2.24) is 0 Å². The SMILES string of the molecule is Cc1ccc(C2=CC3=C4C(=C5C=C(c6ccc(C)cc6)S[C@@]5(C)[C@]3(C)S2)[C@@H](C(C)C)C[C@@H]4C(C)C)cc1. The van der Waals surface area contributed by atoms with E-state index >= 15 is 0 Å². The number of fused-ring (bicyclic) bond motifs is 4. The Bertz CT molecular complexity index is 1270. The topological polar surface area (TPSA) is 0 Å². The van der Waals surface area contributed by atoms with Gasteiger partial charge in [0.25, 0.3) is 0 Å². The molecule has 2 heteroatoms. The number of rotatable bonds is 4. The second-order valence-corrected chi connectivity index (χ2v) is 15.5. The molecule has 2 aliphatic heterocycles. The normalized spacial score (nSPS) is 30.6. The minimum Gasteiger partial charge on any atom is -0.112 e. The van der Waals surface area contributed by atoms with Crippen LogP contribution in [0.25, 0.3) is 9.81 Å². The summed E-state index contributed by atoms with van der Waals surface area (Å²) in [6.07, 6.45) is 6.47. The van der Waals surface area contributed by atoms with Crippen LogP contribution < -0.4 is 0 Å². The van der Waals surface area contributed by atoms with E-state index in [0.29, 0.717) is 23.7 Å². The van der Waals surface area contributed by atoms with Crippen LogP contribution in [-0.2, 0) is 0 Å². The van der Waals surface area contributed by atoms with Gasteiger partial charge in [-0.25, -0.2) is 0 Å². The van der Waals surface area contributed by atoms with Gasteiger partial charge >= 0.3 is 0 Å². The molecule has 0 amide bonds. The molecule has 4 atom stereocenters. The monoisotopic (exact) mass is 524 g/mol. The van der Waals surface area contributed by atoms with Crippen molar-refractivity contribution in [2.75, 3.05) is 0 Å². The van der Waals surface area contributed by atoms with Gasteiger partial charge in [0, 0.05) is 9.81 Å². The van der Waals surface area contributed by atoms with Gasteiger partial charge in [0.05, 0.1) is 9.49 Å². The van der Waals surface area contributed by atoms with Crippen molar-refractivity contribution in [3.05, 3.63) is 105 Å². The maximum Gasteiger partial charge on any atom is 0.0618 e. The van der Waals surface area contributed by atoms with E-state index in [4.69, 9.17) is 0 Å². The lowest BCUT2D eigenvalue weighted by atomic mass is 9.68. The Morgan fingerprint density at radius 2 is 0.973 bits per heavy atom. The molecule has 0 spiro atoms. The minimum atomic E-state index is -0.00594. The summed E-state index contributed by atoms with van der Waals surface area (Å²) in [6, 6.07) is 18.3. The van der Waals surface area contributed by atoms with Crippen molar-refractivity contribution in [2.45, 2.75) is 71.3 Å². The van der Waals surface area contributed by atoms with Crippen LogP contribution in [0.3, 0.4) is 0 Å². The first-order chi connectivity index (χ1) is 17.5. The lowest BCUT2D eigenvalue weighted by Gasteiger charge is -2.48. The lowest BCUT2D eigenvalue weighted by Crippen LogP contribution is -2.48. The molecule has 192 valence electrons. The van der Waals surface area contributed by atoms with Crippen LogP contribution in [0.2, 0.25) is 0 Å². The molecule has 6 rings (SSSR count). The molecule has 0 N–H and O–H groups in total. The average Bonchev–Trinajstić information content (AvgIpc) is 3.52. The van der Waals surface area contributed by atoms with Gasteiger partial charge in [-0.3, -0.25) is 0 Å². The van der Waals surface area contributed by atoms with E-state index < -0.39 is 0 Å². The molecule has 2 aromatic rings. The molecule has 2 heterocycles. The third-order valence-electron chi connectivity index (χ3n) is 9.52. The van der Waals surface area contributed by atoms with Crippen LogP contribution in [0, 0.1) is 37.5 Å². The molecule has 2 aliphatic carbocycles. The maximum atomic E-state index is 2.59. The van der Waals surface area contributed by atoms with Gasteiger partial charge in [0.1, 0.15) is 0 Å². The minimum absolute atomic E-state index is 0.00594. The van der Waals surface area contributed by atoms with Gasteiger partial charge in [-0.2, -0.15) is 0 Å². The van der Waals surface area contributed by atoms with Crippen molar-refractivity contribution in [2.24, 2.45) is 23.7 Å². The summed E-state index contributed by atoms with van der Waals surface area (Å²) in [7, 11) is 0. The zero-order chi connectivity index (χ0) is 26.3. The second-order valence-electron chi connectivity index (χ2n) is 12.6. The van der Waals surface area contributed by atoms with E-state index in [0.717, 1.165) is 0 Å². The largest absolute Gasteiger partial charge is 0.112 e. The second kappa shape index (κ2) is 8.82. The fraction of sp³-hybridized carbons (Fsp3) is 0.429. The van der Waals surface area contributed by atoms with E-state index in [2.05, 4.69) is 140 Å². The highest BCUT2D eigenvalue weighted by Gasteiger charge is 2.61. The summed E-state index contributed by atoms with van der Waals surface area (Å²) in [5.41, 5.74) is 12.0. The number of thioether (sulfide) groups is 2. The van der Waals surface area contributed by atoms with E-state index in [9.17, 15) is 0 Å². The van der Waals surface area contributed by atoms with Crippen molar-refractivity contribution >= 4 is 33.3 Å². The van der Waals surface area contributed by atoms with Crippen molar-refractivity contribution in [1.29, 1.82) is 0 Å². The number of benzene rings is 2. The number of allylic oxidation sites excluding steroid dienone is 4. The van der Waals surface area contributed by atoms with Gasteiger partial charge in [-0.1, -0.05) is 87.4 Å². The summed E-state index contributed by atoms with van der Waals surface area (Å²) in [4.78, 5) is 2.87. The third kappa shape index (κ3) is 3.73. The lowest BCUT2D eigenvalue weighted by molar-refractivity contribution is 0.365. The smallest absolute Gasteiger partial charge is 0.0618 e. The van der Waals surface area contributed by atoms with Gasteiger partial charge in [-0.15, -0.1) is 23.5 Å². The van der Waals surface area contributed by atoms with Gasteiger partial charge in [0.15, 0.2) is 0 Å². The molecular weight excluding hydrogens is 485 g/mol. The molecule has 1 fully saturated rings. The zero-order valence-electron chi connectivity index (χ0n) is 23.6. The average molecular weight is 525 g/mol. The van der Waals surface area contributed by atoms with Crippen LogP contribution >= 0.6 is 23.5 Å². The van der Waals surface area contributed by atoms with E-state index in [1.807, 2.05) is 0 Å². The number of aryl methyl sites for hydroxylation is 2.